The molecule has 0 aliphatic heterocycles. The summed E-state index contributed by atoms with van der Waals surface area (Å²) in [6.07, 6.45) is 1.91. The normalized spacial score (nSPS) is 12.1. The number of hydrogen-bond donors (Lipinski definition) is 2. The molecule has 1 aromatic carbocycles. The average molecular weight is 237 g/mol. The van der Waals surface area contributed by atoms with Gasteiger partial charge in [0.2, 0.25) is 0 Å². The Kier molecular flexibility index (Phi) is 6.29. The Labute approximate surface area is 101 Å². The Morgan fingerprint density at radius 3 is 2.71 bits per heavy atom. The second kappa shape index (κ2) is 7.81. The summed E-state index contributed by atoms with van der Waals surface area (Å²) >= 11 is 0. The molecule has 3 N–H and O–H groups in total. The molecule has 0 unspecified atom stereocenters. The lowest BCUT2D eigenvalue weighted by Gasteiger charge is -2.09. The van der Waals surface area contributed by atoms with E-state index in [9.17, 15) is 4.79 Å². The molecule has 1 rings (SSSR count). The van der Waals surface area contributed by atoms with Crippen molar-refractivity contribution < 1.29 is 14.6 Å². The molecule has 0 aliphatic carbocycles. The Morgan fingerprint density at radius 1 is 1.35 bits per heavy atom. The zero-order valence-electron chi connectivity index (χ0n) is 9.84. The molecule has 4 nitrogen and oxygen atoms in total. The van der Waals surface area contributed by atoms with Gasteiger partial charge in [-0.2, -0.15) is 0 Å². The van der Waals surface area contributed by atoms with E-state index in [1.807, 2.05) is 30.3 Å². The molecule has 0 spiro atoms. The maximum absolute atomic E-state index is 11.3. The van der Waals surface area contributed by atoms with Crippen molar-refractivity contribution >= 4 is 5.97 Å². The molecule has 4 heteroatoms. The molecule has 0 bridgehead atoms. The van der Waals surface area contributed by atoms with E-state index in [0.717, 1.165) is 12.8 Å². The monoisotopic (exact) mass is 237 g/mol. The molecule has 1 atom stereocenters. The minimum Gasteiger partial charge on any atom is -0.465 e. The van der Waals surface area contributed by atoms with Crippen molar-refractivity contribution in [2.45, 2.75) is 25.3 Å². The third-order valence-corrected chi connectivity index (χ3v) is 2.44. The van der Waals surface area contributed by atoms with Gasteiger partial charge in [-0.05, 0) is 24.8 Å². The molecule has 0 radical (unpaired) electrons. The van der Waals surface area contributed by atoms with Gasteiger partial charge in [0.15, 0.2) is 0 Å². The van der Waals surface area contributed by atoms with Crippen LogP contribution in [0.2, 0.25) is 0 Å². The molecule has 0 saturated heterocycles. The van der Waals surface area contributed by atoms with E-state index in [-0.39, 0.29) is 13.0 Å². The number of carbonyl (C=O) groups is 1. The van der Waals surface area contributed by atoms with Gasteiger partial charge in [0.25, 0.3) is 0 Å². The van der Waals surface area contributed by atoms with Crippen LogP contribution in [-0.4, -0.2) is 30.3 Å². The summed E-state index contributed by atoms with van der Waals surface area (Å²) in [5.74, 6) is -0.438. The summed E-state index contributed by atoms with van der Waals surface area (Å²) in [6.45, 7) is 0.271. The van der Waals surface area contributed by atoms with Gasteiger partial charge < -0.3 is 15.6 Å². The highest BCUT2D eigenvalue weighted by atomic mass is 16.5. The van der Waals surface area contributed by atoms with Crippen LogP contribution in [-0.2, 0) is 16.0 Å². The summed E-state index contributed by atoms with van der Waals surface area (Å²) in [6, 6.07) is 9.31. The van der Waals surface area contributed by atoms with E-state index in [1.165, 1.54) is 5.56 Å². The van der Waals surface area contributed by atoms with Gasteiger partial charge in [0, 0.05) is 6.61 Å². The maximum atomic E-state index is 11.3. The van der Waals surface area contributed by atoms with Crippen LogP contribution in [0.5, 0.6) is 0 Å². The highest BCUT2D eigenvalue weighted by Gasteiger charge is 2.13. The van der Waals surface area contributed by atoms with Crippen molar-refractivity contribution in [1.82, 2.24) is 0 Å². The number of nitrogens with two attached hydrogens (primary N) is 1. The molecule has 0 aliphatic rings. The lowest BCUT2D eigenvalue weighted by molar-refractivity contribution is -0.145. The van der Waals surface area contributed by atoms with E-state index in [1.54, 1.807) is 0 Å². The number of carbonyl (C=O) groups excluding carboxylic acids is 1. The van der Waals surface area contributed by atoms with Crippen molar-refractivity contribution in [1.29, 1.82) is 0 Å². The van der Waals surface area contributed by atoms with E-state index in [2.05, 4.69) is 0 Å². The summed E-state index contributed by atoms with van der Waals surface area (Å²) in [7, 11) is 0. The Balaban J connectivity index is 2.14. The van der Waals surface area contributed by atoms with E-state index in [0.29, 0.717) is 6.61 Å². The average Bonchev–Trinajstić information content (AvgIpc) is 2.36. The summed E-state index contributed by atoms with van der Waals surface area (Å²) in [5, 5.41) is 8.62. The van der Waals surface area contributed by atoms with Gasteiger partial charge >= 0.3 is 5.97 Å². The van der Waals surface area contributed by atoms with Gasteiger partial charge in [-0.15, -0.1) is 0 Å². The van der Waals surface area contributed by atoms with Gasteiger partial charge in [0.1, 0.15) is 6.04 Å². The number of aliphatic hydroxyl groups is 1. The number of hydrogen-bond acceptors (Lipinski definition) is 4. The van der Waals surface area contributed by atoms with Crippen molar-refractivity contribution in [3.8, 4) is 0 Å². The van der Waals surface area contributed by atoms with Crippen LogP contribution in [0.15, 0.2) is 30.3 Å². The Morgan fingerprint density at radius 2 is 2.06 bits per heavy atom. The second-order valence-corrected chi connectivity index (χ2v) is 3.88. The first-order valence-corrected chi connectivity index (χ1v) is 5.81. The quantitative estimate of drug-likeness (QED) is 0.545. The molecule has 0 aromatic heterocycles. The number of benzene rings is 1. The van der Waals surface area contributed by atoms with E-state index in [4.69, 9.17) is 15.6 Å². The number of esters is 1. The number of rotatable bonds is 7. The minimum atomic E-state index is -0.711. The fourth-order valence-corrected chi connectivity index (χ4v) is 1.46. The molecule has 0 heterocycles. The molecule has 1 aromatic rings. The van der Waals surface area contributed by atoms with Crippen LogP contribution in [0.1, 0.15) is 18.4 Å². The van der Waals surface area contributed by atoms with E-state index >= 15 is 0 Å². The van der Waals surface area contributed by atoms with E-state index < -0.39 is 12.0 Å². The van der Waals surface area contributed by atoms with Crippen molar-refractivity contribution in [3.05, 3.63) is 35.9 Å². The van der Waals surface area contributed by atoms with Crippen molar-refractivity contribution in [2.24, 2.45) is 5.73 Å². The SMILES string of the molecule is N[C@@H](CCO)C(=O)OCCCc1ccccc1. The number of aliphatic hydroxyl groups excluding tert-OH is 1. The van der Waals surface area contributed by atoms with Crippen LogP contribution >= 0.6 is 0 Å². The fourth-order valence-electron chi connectivity index (χ4n) is 1.46. The number of aryl methyl sites for hydroxylation is 1. The molecule has 0 fully saturated rings. The van der Waals surface area contributed by atoms with Gasteiger partial charge in [-0.1, -0.05) is 30.3 Å². The first kappa shape index (κ1) is 13.7. The van der Waals surface area contributed by atoms with Crippen LogP contribution in [0, 0.1) is 0 Å². The summed E-state index contributed by atoms with van der Waals surface area (Å²) < 4.78 is 5.00. The van der Waals surface area contributed by atoms with Crippen molar-refractivity contribution in [3.63, 3.8) is 0 Å². The molecule has 0 amide bonds. The summed E-state index contributed by atoms with van der Waals surface area (Å²) in [5.41, 5.74) is 6.71. The molecular formula is C13H19NO3. The summed E-state index contributed by atoms with van der Waals surface area (Å²) in [4.78, 5) is 11.3. The van der Waals surface area contributed by atoms with Gasteiger partial charge in [-0.25, -0.2) is 0 Å². The first-order chi connectivity index (χ1) is 8.24. The second-order valence-electron chi connectivity index (χ2n) is 3.88. The molecule has 94 valence electrons. The zero-order chi connectivity index (χ0) is 12.5. The first-order valence-electron chi connectivity index (χ1n) is 5.81. The molecular weight excluding hydrogens is 218 g/mol. The topological polar surface area (TPSA) is 72.5 Å². The lowest BCUT2D eigenvalue weighted by atomic mass is 10.1. The third kappa shape index (κ3) is 5.47. The molecule has 0 saturated carbocycles. The van der Waals surface area contributed by atoms with Gasteiger partial charge in [0.05, 0.1) is 6.61 Å². The minimum absolute atomic E-state index is 0.0969. The number of ether oxygens (including phenoxy) is 1. The van der Waals surface area contributed by atoms with Crippen LogP contribution in [0.3, 0.4) is 0 Å². The van der Waals surface area contributed by atoms with Crippen LogP contribution < -0.4 is 5.73 Å². The predicted octanol–water partition coefficient (Wildman–Crippen LogP) is 0.872. The molecule has 17 heavy (non-hydrogen) atoms. The smallest absolute Gasteiger partial charge is 0.322 e. The van der Waals surface area contributed by atoms with Crippen molar-refractivity contribution in [2.75, 3.05) is 13.2 Å². The lowest BCUT2D eigenvalue weighted by Crippen LogP contribution is -2.33. The third-order valence-electron chi connectivity index (χ3n) is 2.44. The maximum Gasteiger partial charge on any atom is 0.322 e. The fraction of sp³-hybridized carbons (Fsp3) is 0.462. The Bertz CT molecular complexity index is 327. The zero-order valence-corrected chi connectivity index (χ0v) is 9.84. The highest BCUT2D eigenvalue weighted by molar-refractivity contribution is 5.75. The van der Waals surface area contributed by atoms with Crippen LogP contribution in [0.4, 0.5) is 0 Å². The standard InChI is InChI=1S/C13H19NO3/c14-12(8-9-15)13(16)17-10-4-7-11-5-2-1-3-6-11/h1-3,5-6,12,15H,4,7-10,14H2/t12-/m0/s1. The predicted molar refractivity (Wildman–Crippen MR) is 65.4 cm³/mol. The Hall–Kier alpha value is -1.39. The van der Waals surface area contributed by atoms with Crippen LogP contribution in [0.25, 0.3) is 0 Å². The highest BCUT2D eigenvalue weighted by Crippen LogP contribution is 2.02. The largest absolute Gasteiger partial charge is 0.465 e. The van der Waals surface area contributed by atoms with Gasteiger partial charge in [-0.3, -0.25) is 4.79 Å².